The highest BCUT2D eigenvalue weighted by molar-refractivity contribution is 5.76. The van der Waals surface area contributed by atoms with E-state index in [0.717, 1.165) is 18.9 Å². The van der Waals surface area contributed by atoms with Gasteiger partial charge in [-0.1, -0.05) is 36.8 Å². The first-order chi connectivity index (χ1) is 7.84. The summed E-state index contributed by atoms with van der Waals surface area (Å²) in [5.74, 6) is 0.941. The fourth-order valence-corrected chi connectivity index (χ4v) is 1.95. The predicted molar refractivity (Wildman–Crippen MR) is 65.1 cm³/mol. The van der Waals surface area contributed by atoms with Crippen molar-refractivity contribution in [2.75, 3.05) is 6.54 Å². The van der Waals surface area contributed by atoms with E-state index in [1.165, 1.54) is 24.8 Å². The number of carbonyl (C=O) groups excluding carboxylic acids is 1. The van der Waals surface area contributed by atoms with Crippen LogP contribution in [0.25, 0.3) is 0 Å². The van der Waals surface area contributed by atoms with Crippen LogP contribution in [0.2, 0.25) is 0 Å². The third-order valence-electron chi connectivity index (χ3n) is 3.30. The number of hydrogen-bond donors (Lipinski definition) is 1. The summed E-state index contributed by atoms with van der Waals surface area (Å²) >= 11 is 0. The van der Waals surface area contributed by atoms with Crippen molar-refractivity contribution in [2.24, 2.45) is 5.92 Å². The van der Waals surface area contributed by atoms with Gasteiger partial charge in [0.15, 0.2) is 0 Å². The molecule has 1 N–H and O–H groups in total. The number of nitrogens with one attached hydrogen (secondary N) is 1. The lowest BCUT2D eigenvalue weighted by atomic mass is 9.85. The lowest BCUT2D eigenvalue weighted by Gasteiger charge is -2.25. The molecule has 1 fully saturated rings. The molecule has 0 atom stereocenters. The summed E-state index contributed by atoms with van der Waals surface area (Å²) in [5, 5.41) is 3.02. The van der Waals surface area contributed by atoms with E-state index in [2.05, 4.69) is 17.4 Å². The Kier molecular flexibility index (Phi) is 3.97. The SMILES string of the molecule is O=C(CCc1ccccc1)NCC1CCC1. The van der Waals surface area contributed by atoms with E-state index in [4.69, 9.17) is 0 Å². The van der Waals surface area contributed by atoms with Crippen LogP contribution in [-0.2, 0) is 11.2 Å². The molecule has 1 aromatic carbocycles. The summed E-state index contributed by atoms with van der Waals surface area (Å²) in [6.07, 6.45) is 5.37. The molecule has 16 heavy (non-hydrogen) atoms. The second-order valence-electron chi connectivity index (χ2n) is 4.59. The normalized spacial score (nSPS) is 15.5. The molecule has 0 aromatic heterocycles. The lowest BCUT2D eigenvalue weighted by molar-refractivity contribution is -0.121. The molecule has 0 aliphatic heterocycles. The minimum Gasteiger partial charge on any atom is -0.356 e. The van der Waals surface area contributed by atoms with Crippen LogP contribution >= 0.6 is 0 Å². The van der Waals surface area contributed by atoms with E-state index in [1.54, 1.807) is 0 Å². The number of benzene rings is 1. The maximum atomic E-state index is 11.5. The highest BCUT2D eigenvalue weighted by Gasteiger charge is 2.17. The van der Waals surface area contributed by atoms with Crippen LogP contribution in [-0.4, -0.2) is 12.5 Å². The fraction of sp³-hybridized carbons (Fsp3) is 0.500. The molecule has 2 heteroatoms. The molecule has 0 saturated heterocycles. The number of carbonyl (C=O) groups is 1. The summed E-state index contributed by atoms with van der Waals surface area (Å²) in [5.41, 5.74) is 1.24. The topological polar surface area (TPSA) is 29.1 Å². The Morgan fingerprint density at radius 2 is 2.00 bits per heavy atom. The van der Waals surface area contributed by atoms with Crippen molar-refractivity contribution in [3.05, 3.63) is 35.9 Å². The van der Waals surface area contributed by atoms with Crippen molar-refractivity contribution in [2.45, 2.75) is 32.1 Å². The number of hydrogen-bond acceptors (Lipinski definition) is 1. The monoisotopic (exact) mass is 217 g/mol. The van der Waals surface area contributed by atoms with Gasteiger partial charge in [-0.25, -0.2) is 0 Å². The number of aryl methyl sites for hydroxylation is 1. The van der Waals surface area contributed by atoms with Gasteiger partial charge in [0.25, 0.3) is 0 Å². The molecule has 0 spiro atoms. The number of rotatable bonds is 5. The van der Waals surface area contributed by atoms with E-state index in [9.17, 15) is 4.79 Å². The summed E-state index contributed by atoms with van der Waals surface area (Å²) in [7, 11) is 0. The Balaban J connectivity index is 1.63. The molecule has 2 rings (SSSR count). The molecule has 0 unspecified atom stereocenters. The third kappa shape index (κ3) is 3.37. The maximum Gasteiger partial charge on any atom is 0.220 e. The first kappa shape index (κ1) is 11.2. The van der Waals surface area contributed by atoms with Crippen LogP contribution in [0.5, 0.6) is 0 Å². The van der Waals surface area contributed by atoms with Gasteiger partial charge in [-0.05, 0) is 30.7 Å². The lowest BCUT2D eigenvalue weighted by Crippen LogP contribution is -2.32. The van der Waals surface area contributed by atoms with Crippen LogP contribution < -0.4 is 5.32 Å². The zero-order valence-corrected chi connectivity index (χ0v) is 9.61. The molecule has 1 aliphatic carbocycles. The van der Waals surface area contributed by atoms with Gasteiger partial charge in [-0.2, -0.15) is 0 Å². The molecule has 0 radical (unpaired) electrons. The van der Waals surface area contributed by atoms with Gasteiger partial charge >= 0.3 is 0 Å². The van der Waals surface area contributed by atoms with Crippen LogP contribution in [0.15, 0.2) is 30.3 Å². The Labute approximate surface area is 97.1 Å². The Morgan fingerprint density at radius 3 is 2.62 bits per heavy atom. The largest absolute Gasteiger partial charge is 0.356 e. The highest BCUT2D eigenvalue weighted by atomic mass is 16.1. The van der Waals surface area contributed by atoms with Gasteiger partial charge in [0.1, 0.15) is 0 Å². The standard InChI is InChI=1S/C14H19NO/c16-14(15-11-13-7-4-8-13)10-9-12-5-2-1-3-6-12/h1-3,5-6,13H,4,7-11H2,(H,15,16). The van der Waals surface area contributed by atoms with Gasteiger partial charge in [0.2, 0.25) is 5.91 Å². The molecule has 1 saturated carbocycles. The average molecular weight is 217 g/mol. The van der Waals surface area contributed by atoms with Crippen molar-refractivity contribution in [1.82, 2.24) is 5.32 Å². The molecule has 1 aromatic rings. The summed E-state index contributed by atoms with van der Waals surface area (Å²) in [6.45, 7) is 0.883. The Hall–Kier alpha value is -1.31. The summed E-state index contributed by atoms with van der Waals surface area (Å²) in [6, 6.07) is 10.2. The van der Waals surface area contributed by atoms with E-state index in [-0.39, 0.29) is 5.91 Å². The van der Waals surface area contributed by atoms with Crippen molar-refractivity contribution in [3.63, 3.8) is 0 Å². The molecular formula is C14H19NO. The quantitative estimate of drug-likeness (QED) is 0.806. The van der Waals surface area contributed by atoms with Crippen LogP contribution in [0, 0.1) is 5.92 Å². The smallest absolute Gasteiger partial charge is 0.220 e. The van der Waals surface area contributed by atoms with Gasteiger partial charge < -0.3 is 5.32 Å². The van der Waals surface area contributed by atoms with E-state index in [0.29, 0.717) is 6.42 Å². The predicted octanol–water partition coefficient (Wildman–Crippen LogP) is 2.54. The van der Waals surface area contributed by atoms with Crippen LogP contribution in [0.3, 0.4) is 0 Å². The van der Waals surface area contributed by atoms with E-state index >= 15 is 0 Å². The molecule has 1 aliphatic rings. The molecular weight excluding hydrogens is 198 g/mol. The van der Waals surface area contributed by atoms with Gasteiger partial charge in [0.05, 0.1) is 0 Å². The zero-order valence-electron chi connectivity index (χ0n) is 9.61. The highest BCUT2D eigenvalue weighted by Crippen LogP contribution is 2.25. The minimum atomic E-state index is 0.191. The molecule has 0 bridgehead atoms. The van der Waals surface area contributed by atoms with Crippen LogP contribution in [0.1, 0.15) is 31.2 Å². The van der Waals surface area contributed by atoms with Crippen LogP contribution in [0.4, 0.5) is 0 Å². The number of amides is 1. The molecule has 1 amide bonds. The van der Waals surface area contributed by atoms with Crippen molar-refractivity contribution in [3.8, 4) is 0 Å². The van der Waals surface area contributed by atoms with Gasteiger partial charge in [0, 0.05) is 13.0 Å². The zero-order chi connectivity index (χ0) is 11.2. The third-order valence-corrected chi connectivity index (χ3v) is 3.30. The second kappa shape index (κ2) is 5.69. The Morgan fingerprint density at radius 1 is 1.25 bits per heavy atom. The van der Waals surface area contributed by atoms with Crippen molar-refractivity contribution >= 4 is 5.91 Å². The Bertz CT molecular complexity index is 330. The summed E-state index contributed by atoms with van der Waals surface area (Å²) in [4.78, 5) is 11.5. The maximum absolute atomic E-state index is 11.5. The molecule has 86 valence electrons. The first-order valence-electron chi connectivity index (χ1n) is 6.15. The van der Waals surface area contributed by atoms with E-state index in [1.807, 2.05) is 18.2 Å². The van der Waals surface area contributed by atoms with Gasteiger partial charge in [-0.3, -0.25) is 4.79 Å². The summed E-state index contributed by atoms with van der Waals surface area (Å²) < 4.78 is 0. The fourth-order valence-electron chi connectivity index (χ4n) is 1.95. The van der Waals surface area contributed by atoms with Crippen molar-refractivity contribution in [1.29, 1.82) is 0 Å². The minimum absolute atomic E-state index is 0.191. The average Bonchev–Trinajstić information content (AvgIpc) is 2.26. The van der Waals surface area contributed by atoms with E-state index < -0.39 is 0 Å². The first-order valence-corrected chi connectivity index (χ1v) is 6.15. The second-order valence-corrected chi connectivity index (χ2v) is 4.59. The van der Waals surface area contributed by atoms with Crippen molar-refractivity contribution < 1.29 is 4.79 Å². The van der Waals surface area contributed by atoms with Gasteiger partial charge in [-0.15, -0.1) is 0 Å². The molecule has 2 nitrogen and oxygen atoms in total. The molecule has 0 heterocycles.